The van der Waals surface area contributed by atoms with E-state index >= 15 is 0 Å². The molecule has 0 saturated carbocycles. The van der Waals surface area contributed by atoms with E-state index in [1.165, 1.54) is 5.56 Å². The summed E-state index contributed by atoms with van der Waals surface area (Å²) in [5.41, 5.74) is 6.32. The quantitative estimate of drug-likeness (QED) is 0.537. The van der Waals surface area contributed by atoms with Crippen LogP contribution in [0.4, 0.5) is 0 Å². The van der Waals surface area contributed by atoms with E-state index in [1.54, 1.807) is 23.7 Å². The van der Waals surface area contributed by atoms with Gasteiger partial charge in [-0.2, -0.15) is 5.26 Å². The van der Waals surface area contributed by atoms with E-state index < -0.39 is 0 Å². The summed E-state index contributed by atoms with van der Waals surface area (Å²) in [6.45, 7) is 2.15. The third-order valence-electron chi connectivity index (χ3n) is 4.32. The topological polar surface area (TPSA) is 54.0 Å². The van der Waals surface area contributed by atoms with Crippen LogP contribution in [-0.2, 0) is 12.8 Å². The minimum Gasteiger partial charge on any atom is -0.286 e. The number of rotatable bonds is 4. The number of pyridine rings is 1. The first kappa shape index (κ1) is 15.6. The number of aryl methyl sites for hydroxylation is 1. The molecule has 0 radical (unpaired) electrons. The van der Waals surface area contributed by atoms with Crippen LogP contribution in [0.3, 0.4) is 0 Å². The van der Waals surface area contributed by atoms with Crippen molar-refractivity contribution in [3.63, 3.8) is 0 Å². The van der Waals surface area contributed by atoms with E-state index in [9.17, 15) is 5.26 Å². The zero-order valence-electron chi connectivity index (χ0n) is 13.8. The molecular formula is C20H16N4S. The van der Waals surface area contributed by atoms with Gasteiger partial charge in [0, 0.05) is 23.3 Å². The standard InChI is InChI=1S/C20H16N4S/c1-2-14-3-5-15(6-4-14)18-13-25-20-23-19(16-8-11-22-12-9-16)17(7-10-21)24(18)20/h3-6,8-9,11-13H,2,7H2,1H3. The zero-order chi connectivity index (χ0) is 17.2. The molecular weight excluding hydrogens is 328 g/mol. The molecule has 0 aliphatic carbocycles. The number of imidazole rings is 1. The summed E-state index contributed by atoms with van der Waals surface area (Å²) in [7, 11) is 0. The number of hydrogen-bond acceptors (Lipinski definition) is 4. The molecule has 0 unspecified atom stereocenters. The lowest BCUT2D eigenvalue weighted by molar-refractivity contribution is 1.08. The van der Waals surface area contributed by atoms with E-state index in [2.05, 4.69) is 52.0 Å². The smallest absolute Gasteiger partial charge is 0.194 e. The first-order valence-corrected chi connectivity index (χ1v) is 9.05. The summed E-state index contributed by atoms with van der Waals surface area (Å²) in [6.07, 6.45) is 4.85. The Bertz CT molecular complexity index is 1050. The predicted molar refractivity (Wildman–Crippen MR) is 100 cm³/mol. The second-order valence-electron chi connectivity index (χ2n) is 5.77. The van der Waals surface area contributed by atoms with Crippen LogP contribution >= 0.6 is 11.3 Å². The molecule has 3 aromatic heterocycles. The minimum atomic E-state index is 0.315. The SMILES string of the molecule is CCc1ccc(-c2csc3nc(-c4ccncc4)c(CC#N)n23)cc1. The number of benzene rings is 1. The molecule has 0 fully saturated rings. The highest BCUT2D eigenvalue weighted by atomic mass is 32.1. The van der Waals surface area contributed by atoms with Crippen molar-refractivity contribution in [1.82, 2.24) is 14.4 Å². The summed E-state index contributed by atoms with van der Waals surface area (Å²) in [5.74, 6) is 0. The Balaban J connectivity index is 1.92. The molecule has 5 heteroatoms. The van der Waals surface area contributed by atoms with Crippen molar-refractivity contribution in [2.24, 2.45) is 0 Å². The number of nitrogens with zero attached hydrogens (tertiary/aromatic N) is 4. The van der Waals surface area contributed by atoms with Gasteiger partial charge in [-0.1, -0.05) is 31.2 Å². The molecule has 0 N–H and O–H groups in total. The van der Waals surface area contributed by atoms with Gasteiger partial charge in [0.1, 0.15) is 0 Å². The summed E-state index contributed by atoms with van der Waals surface area (Å²) in [5, 5.41) is 11.4. The molecule has 1 aromatic carbocycles. The number of thiazole rings is 1. The van der Waals surface area contributed by atoms with Gasteiger partial charge >= 0.3 is 0 Å². The number of nitriles is 1. The number of fused-ring (bicyclic) bond motifs is 1. The average molecular weight is 344 g/mol. The first-order chi connectivity index (χ1) is 12.3. The van der Waals surface area contributed by atoms with Gasteiger partial charge in [0.2, 0.25) is 0 Å². The van der Waals surface area contributed by atoms with Crippen molar-refractivity contribution in [3.05, 3.63) is 65.4 Å². The molecule has 25 heavy (non-hydrogen) atoms. The van der Waals surface area contributed by atoms with Crippen LogP contribution < -0.4 is 0 Å². The summed E-state index contributed by atoms with van der Waals surface area (Å²) in [6, 6.07) is 14.7. The molecule has 0 amide bonds. The van der Waals surface area contributed by atoms with Crippen molar-refractivity contribution in [2.45, 2.75) is 19.8 Å². The van der Waals surface area contributed by atoms with E-state index in [1.807, 2.05) is 12.1 Å². The Morgan fingerprint density at radius 1 is 1.08 bits per heavy atom. The molecule has 0 aliphatic heterocycles. The lowest BCUT2D eigenvalue weighted by Crippen LogP contribution is -1.95. The first-order valence-electron chi connectivity index (χ1n) is 8.17. The van der Waals surface area contributed by atoms with Gasteiger partial charge in [-0.15, -0.1) is 11.3 Å². The Morgan fingerprint density at radius 3 is 2.52 bits per heavy atom. The van der Waals surface area contributed by atoms with Crippen LogP contribution in [0.15, 0.2) is 54.2 Å². The average Bonchev–Trinajstić information content (AvgIpc) is 3.23. The monoisotopic (exact) mass is 344 g/mol. The maximum absolute atomic E-state index is 9.34. The van der Waals surface area contributed by atoms with Gasteiger partial charge < -0.3 is 0 Å². The fourth-order valence-corrected chi connectivity index (χ4v) is 3.92. The van der Waals surface area contributed by atoms with E-state index in [0.29, 0.717) is 6.42 Å². The van der Waals surface area contributed by atoms with Crippen LogP contribution in [0.2, 0.25) is 0 Å². The predicted octanol–water partition coefficient (Wildman–Crippen LogP) is 4.75. The molecule has 0 aliphatic rings. The maximum atomic E-state index is 9.34. The minimum absolute atomic E-state index is 0.315. The van der Waals surface area contributed by atoms with Crippen LogP contribution in [0.1, 0.15) is 18.2 Å². The molecule has 0 saturated heterocycles. The Hall–Kier alpha value is -2.97. The van der Waals surface area contributed by atoms with Gasteiger partial charge in [0.15, 0.2) is 4.96 Å². The Kier molecular flexibility index (Phi) is 4.04. The van der Waals surface area contributed by atoms with E-state index in [4.69, 9.17) is 4.98 Å². The third kappa shape index (κ3) is 2.71. The van der Waals surface area contributed by atoms with Crippen LogP contribution in [-0.4, -0.2) is 14.4 Å². The molecule has 0 bridgehead atoms. The summed E-state index contributed by atoms with van der Waals surface area (Å²) in [4.78, 5) is 9.77. The third-order valence-corrected chi connectivity index (χ3v) is 5.14. The van der Waals surface area contributed by atoms with Crippen LogP contribution in [0.25, 0.3) is 27.5 Å². The van der Waals surface area contributed by atoms with Crippen molar-refractivity contribution in [1.29, 1.82) is 5.26 Å². The van der Waals surface area contributed by atoms with E-state index in [0.717, 1.165) is 39.6 Å². The molecule has 3 heterocycles. The fourth-order valence-electron chi connectivity index (χ4n) is 3.01. The van der Waals surface area contributed by atoms with Gasteiger partial charge in [0.25, 0.3) is 0 Å². The lowest BCUT2D eigenvalue weighted by atomic mass is 10.1. The highest BCUT2D eigenvalue weighted by molar-refractivity contribution is 7.15. The highest BCUT2D eigenvalue weighted by Gasteiger charge is 2.18. The van der Waals surface area contributed by atoms with Gasteiger partial charge in [0.05, 0.1) is 29.6 Å². The van der Waals surface area contributed by atoms with Crippen LogP contribution in [0.5, 0.6) is 0 Å². The summed E-state index contributed by atoms with van der Waals surface area (Å²) >= 11 is 1.60. The maximum Gasteiger partial charge on any atom is 0.194 e. The van der Waals surface area contributed by atoms with Gasteiger partial charge in [-0.3, -0.25) is 9.38 Å². The lowest BCUT2D eigenvalue weighted by Gasteiger charge is -2.05. The molecule has 4 nitrogen and oxygen atoms in total. The molecule has 4 rings (SSSR count). The highest BCUT2D eigenvalue weighted by Crippen LogP contribution is 2.33. The number of aromatic nitrogens is 3. The van der Waals surface area contributed by atoms with Crippen molar-refractivity contribution in [3.8, 4) is 28.6 Å². The fraction of sp³-hybridized carbons (Fsp3) is 0.150. The van der Waals surface area contributed by atoms with Gasteiger partial charge in [-0.05, 0) is 29.7 Å². The molecule has 4 aromatic rings. The Labute approximate surface area is 150 Å². The number of hydrogen-bond donors (Lipinski definition) is 0. The van der Waals surface area contributed by atoms with Gasteiger partial charge in [-0.25, -0.2) is 4.98 Å². The van der Waals surface area contributed by atoms with E-state index in [-0.39, 0.29) is 0 Å². The largest absolute Gasteiger partial charge is 0.286 e. The van der Waals surface area contributed by atoms with Crippen molar-refractivity contribution < 1.29 is 0 Å². The Morgan fingerprint density at radius 2 is 1.84 bits per heavy atom. The zero-order valence-corrected chi connectivity index (χ0v) is 14.6. The second-order valence-corrected chi connectivity index (χ2v) is 6.60. The molecule has 0 spiro atoms. The van der Waals surface area contributed by atoms with Crippen molar-refractivity contribution >= 4 is 16.3 Å². The molecule has 122 valence electrons. The second kappa shape index (κ2) is 6.50. The van der Waals surface area contributed by atoms with Crippen LogP contribution in [0, 0.1) is 11.3 Å². The molecule has 0 atom stereocenters. The van der Waals surface area contributed by atoms with Crippen molar-refractivity contribution in [2.75, 3.05) is 0 Å². The normalized spacial score (nSPS) is 10.9. The summed E-state index contributed by atoms with van der Waals surface area (Å²) < 4.78 is 2.12.